The zero-order valence-corrected chi connectivity index (χ0v) is 11.4. The van der Waals surface area contributed by atoms with Gasteiger partial charge in [0.2, 0.25) is 0 Å². The molecule has 0 saturated carbocycles. The minimum atomic E-state index is -0.630. The molecule has 2 aromatic rings. The molecule has 4 heteroatoms. The number of ether oxygens (including phenoxy) is 1. The van der Waals surface area contributed by atoms with Crippen molar-refractivity contribution in [2.24, 2.45) is 0 Å². The van der Waals surface area contributed by atoms with E-state index in [1.165, 1.54) is 6.07 Å². The molecule has 1 atom stereocenters. The van der Waals surface area contributed by atoms with Crippen molar-refractivity contribution >= 4 is 11.6 Å². The number of rotatable bonds is 3. The van der Waals surface area contributed by atoms with Gasteiger partial charge in [-0.1, -0.05) is 17.7 Å². The van der Waals surface area contributed by atoms with E-state index in [-0.39, 0.29) is 5.82 Å². The van der Waals surface area contributed by atoms with Crippen LogP contribution in [0.4, 0.5) is 4.39 Å². The molecular weight excluding hydrogens is 267 g/mol. The molecule has 19 heavy (non-hydrogen) atoms. The molecule has 2 rings (SSSR count). The van der Waals surface area contributed by atoms with E-state index in [4.69, 9.17) is 16.3 Å². The lowest BCUT2D eigenvalue weighted by Gasteiger charge is -2.11. The molecule has 0 radical (unpaired) electrons. The first kappa shape index (κ1) is 13.8. The van der Waals surface area contributed by atoms with Gasteiger partial charge >= 0.3 is 0 Å². The molecule has 0 bridgehead atoms. The van der Waals surface area contributed by atoms with Crippen LogP contribution < -0.4 is 4.74 Å². The molecule has 0 spiro atoms. The maximum atomic E-state index is 13.1. The van der Waals surface area contributed by atoms with Gasteiger partial charge in [0.25, 0.3) is 0 Å². The number of hydrogen-bond acceptors (Lipinski definition) is 2. The molecule has 0 saturated heterocycles. The van der Waals surface area contributed by atoms with Crippen molar-refractivity contribution in [3.8, 4) is 11.5 Å². The fourth-order valence-corrected chi connectivity index (χ4v) is 2.06. The Labute approximate surface area is 116 Å². The van der Waals surface area contributed by atoms with Crippen molar-refractivity contribution in [2.75, 3.05) is 0 Å². The van der Waals surface area contributed by atoms with Crippen LogP contribution in [0.5, 0.6) is 11.5 Å². The van der Waals surface area contributed by atoms with Gasteiger partial charge in [-0.25, -0.2) is 4.39 Å². The van der Waals surface area contributed by atoms with E-state index in [0.717, 1.165) is 0 Å². The van der Waals surface area contributed by atoms with Gasteiger partial charge in [0.05, 0.1) is 11.1 Å². The van der Waals surface area contributed by atoms with Crippen LogP contribution in [0.25, 0.3) is 0 Å². The summed E-state index contributed by atoms with van der Waals surface area (Å²) < 4.78 is 18.7. The number of aryl methyl sites for hydroxylation is 1. The number of aliphatic hydroxyl groups excluding tert-OH is 1. The van der Waals surface area contributed by atoms with Crippen LogP contribution >= 0.6 is 11.6 Å². The first-order valence-corrected chi connectivity index (χ1v) is 6.26. The molecule has 2 aromatic carbocycles. The van der Waals surface area contributed by atoms with E-state index < -0.39 is 6.10 Å². The molecule has 0 fully saturated rings. The molecule has 0 aliphatic carbocycles. The van der Waals surface area contributed by atoms with Crippen molar-refractivity contribution in [1.82, 2.24) is 0 Å². The highest BCUT2D eigenvalue weighted by Gasteiger charge is 2.08. The summed E-state index contributed by atoms with van der Waals surface area (Å²) in [5, 5.41) is 9.92. The molecule has 100 valence electrons. The summed E-state index contributed by atoms with van der Waals surface area (Å²) in [5.74, 6) is 0.815. The fraction of sp³-hybridized carbons (Fsp3) is 0.200. The van der Waals surface area contributed by atoms with Gasteiger partial charge in [0, 0.05) is 0 Å². The summed E-state index contributed by atoms with van der Waals surface area (Å²) in [6.07, 6.45) is -0.630. The first-order chi connectivity index (χ1) is 8.97. The number of hydrogen-bond donors (Lipinski definition) is 1. The van der Waals surface area contributed by atoms with Gasteiger partial charge in [-0.05, 0) is 55.3 Å². The summed E-state index contributed by atoms with van der Waals surface area (Å²) in [4.78, 5) is 0. The zero-order chi connectivity index (χ0) is 14.0. The minimum Gasteiger partial charge on any atom is -0.457 e. The van der Waals surface area contributed by atoms with Crippen molar-refractivity contribution < 1.29 is 14.2 Å². The summed E-state index contributed by atoms with van der Waals surface area (Å²) in [6, 6.07) is 9.58. The molecule has 0 amide bonds. The summed E-state index contributed by atoms with van der Waals surface area (Å²) in [5.41, 5.74) is 1.16. The zero-order valence-electron chi connectivity index (χ0n) is 10.7. The Morgan fingerprint density at radius 1 is 1.16 bits per heavy atom. The third kappa shape index (κ3) is 3.25. The van der Waals surface area contributed by atoms with Gasteiger partial charge in [-0.15, -0.1) is 0 Å². The minimum absolute atomic E-state index is 0.269. The Bertz CT molecular complexity index is 597. The van der Waals surface area contributed by atoms with Crippen molar-refractivity contribution in [2.45, 2.75) is 20.0 Å². The highest BCUT2D eigenvalue weighted by atomic mass is 35.5. The third-order valence-corrected chi connectivity index (χ3v) is 3.11. The predicted octanol–water partition coefficient (Wildman–Crippen LogP) is 4.63. The standard InChI is InChI=1S/C15H14ClFO2/c1-9-7-11(4-6-15(9)17)19-12-3-5-13(10(2)18)14(16)8-12/h3-8,10,18H,1-2H3. The second kappa shape index (κ2) is 5.59. The molecular formula is C15H14ClFO2. The SMILES string of the molecule is Cc1cc(Oc2ccc(C(C)O)c(Cl)c2)ccc1F. The Kier molecular flexibility index (Phi) is 4.08. The van der Waals surface area contributed by atoms with Crippen LogP contribution in [0.3, 0.4) is 0 Å². The van der Waals surface area contributed by atoms with E-state index in [0.29, 0.717) is 27.6 Å². The third-order valence-electron chi connectivity index (χ3n) is 2.79. The molecule has 0 heterocycles. The van der Waals surface area contributed by atoms with Crippen LogP contribution in [0.1, 0.15) is 24.2 Å². The van der Waals surface area contributed by atoms with Gasteiger partial charge in [-0.2, -0.15) is 0 Å². The molecule has 0 aromatic heterocycles. The Morgan fingerprint density at radius 3 is 2.37 bits per heavy atom. The summed E-state index contributed by atoms with van der Waals surface area (Å²) >= 11 is 6.05. The highest BCUT2D eigenvalue weighted by Crippen LogP contribution is 2.30. The summed E-state index contributed by atoms with van der Waals surface area (Å²) in [7, 11) is 0. The van der Waals surface area contributed by atoms with Gasteiger partial charge in [0.15, 0.2) is 0 Å². The molecule has 0 aliphatic rings. The average molecular weight is 281 g/mol. The largest absolute Gasteiger partial charge is 0.457 e. The maximum Gasteiger partial charge on any atom is 0.128 e. The van der Waals surface area contributed by atoms with Crippen molar-refractivity contribution in [1.29, 1.82) is 0 Å². The Hall–Kier alpha value is -1.58. The lowest BCUT2D eigenvalue weighted by molar-refractivity contribution is 0.199. The smallest absolute Gasteiger partial charge is 0.128 e. The first-order valence-electron chi connectivity index (χ1n) is 5.89. The van der Waals surface area contributed by atoms with Gasteiger partial charge in [-0.3, -0.25) is 0 Å². The second-order valence-corrected chi connectivity index (χ2v) is 4.78. The van der Waals surface area contributed by atoms with Crippen molar-refractivity contribution in [3.05, 3.63) is 58.4 Å². The fourth-order valence-electron chi connectivity index (χ4n) is 1.73. The predicted molar refractivity (Wildman–Crippen MR) is 73.3 cm³/mol. The Morgan fingerprint density at radius 2 is 1.79 bits per heavy atom. The van der Waals surface area contributed by atoms with E-state index in [1.54, 1.807) is 44.2 Å². The van der Waals surface area contributed by atoms with E-state index >= 15 is 0 Å². The van der Waals surface area contributed by atoms with E-state index in [9.17, 15) is 9.50 Å². The number of benzene rings is 2. The maximum absolute atomic E-state index is 13.1. The molecule has 1 N–H and O–H groups in total. The quantitative estimate of drug-likeness (QED) is 0.888. The normalized spacial score (nSPS) is 12.3. The van der Waals surface area contributed by atoms with Crippen LogP contribution in [-0.2, 0) is 0 Å². The number of halogens is 2. The number of aliphatic hydroxyl groups is 1. The topological polar surface area (TPSA) is 29.5 Å². The lowest BCUT2D eigenvalue weighted by atomic mass is 10.1. The van der Waals surface area contributed by atoms with Crippen LogP contribution in [0.2, 0.25) is 5.02 Å². The van der Waals surface area contributed by atoms with E-state index in [1.807, 2.05) is 0 Å². The van der Waals surface area contributed by atoms with E-state index in [2.05, 4.69) is 0 Å². The monoisotopic (exact) mass is 280 g/mol. The van der Waals surface area contributed by atoms with Crippen LogP contribution in [0, 0.1) is 12.7 Å². The van der Waals surface area contributed by atoms with Gasteiger partial charge in [0.1, 0.15) is 17.3 Å². The Balaban J connectivity index is 2.24. The average Bonchev–Trinajstić information content (AvgIpc) is 2.33. The van der Waals surface area contributed by atoms with Crippen LogP contribution in [0.15, 0.2) is 36.4 Å². The molecule has 0 aliphatic heterocycles. The highest BCUT2D eigenvalue weighted by molar-refractivity contribution is 6.31. The summed E-state index contributed by atoms with van der Waals surface area (Å²) in [6.45, 7) is 3.32. The molecule has 2 nitrogen and oxygen atoms in total. The van der Waals surface area contributed by atoms with Crippen molar-refractivity contribution in [3.63, 3.8) is 0 Å². The second-order valence-electron chi connectivity index (χ2n) is 4.37. The molecule has 1 unspecified atom stereocenters. The van der Waals surface area contributed by atoms with Crippen LogP contribution in [-0.4, -0.2) is 5.11 Å². The lowest BCUT2D eigenvalue weighted by Crippen LogP contribution is -1.93. The van der Waals surface area contributed by atoms with Gasteiger partial charge < -0.3 is 9.84 Å².